The summed E-state index contributed by atoms with van der Waals surface area (Å²) in [6.07, 6.45) is 0. The van der Waals surface area contributed by atoms with Crippen molar-refractivity contribution in [1.82, 2.24) is 0 Å². The number of carbonyl (C=O) groups excluding carboxylic acids is 1. The van der Waals surface area contributed by atoms with Crippen molar-refractivity contribution in [3.63, 3.8) is 0 Å². The van der Waals surface area contributed by atoms with Gasteiger partial charge in [0.05, 0.1) is 6.61 Å². The summed E-state index contributed by atoms with van der Waals surface area (Å²) in [5.74, 6) is -0.211. The molecule has 0 aliphatic rings. The molecule has 3 heteroatoms. The molecule has 0 aliphatic carbocycles. The molecule has 2 nitrogen and oxygen atoms in total. The van der Waals surface area contributed by atoms with Crippen molar-refractivity contribution in [2.24, 2.45) is 0 Å². The van der Waals surface area contributed by atoms with Gasteiger partial charge in [0.15, 0.2) is 0 Å². The van der Waals surface area contributed by atoms with E-state index in [1.54, 1.807) is 6.92 Å². The number of ether oxygens (including phenoxy) is 1. The second kappa shape index (κ2) is 8.04. The smallest absolute Gasteiger partial charge is 0.302 e. The van der Waals surface area contributed by atoms with Crippen molar-refractivity contribution in [3.05, 3.63) is 33.9 Å². The quantitative estimate of drug-likeness (QED) is 0.587. The molecular formula is C10H13IO2. The Balaban J connectivity index is 0.000000226. The monoisotopic (exact) mass is 292 g/mol. The summed E-state index contributed by atoms with van der Waals surface area (Å²) in [6.45, 7) is 3.65. The molecule has 0 spiro atoms. The zero-order valence-electron chi connectivity index (χ0n) is 7.79. The first kappa shape index (κ1) is 12.4. The minimum Gasteiger partial charge on any atom is -0.466 e. The van der Waals surface area contributed by atoms with Gasteiger partial charge in [0, 0.05) is 10.5 Å². The van der Waals surface area contributed by atoms with Crippen molar-refractivity contribution in [2.45, 2.75) is 13.8 Å². The van der Waals surface area contributed by atoms with E-state index in [-0.39, 0.29) is 5.97 Å². The van der Waals surface area contributed by atoms with E-state index in [1.807, 2.05) is 18.2 Å². The zero-order valence-corrected chi connectivity index (χ0v) is 9.95. The minimum atomic E-state index is -0.211. The lowest BCUT2D eigenvalue weighted by Gasteiger charge is -1.89. The van der Waals surface area contributed by atoms with E-state index in [4.69, 9.17) is 0 Å². The summed E-state index contributed by atoms with van der Waals surface area (Å²) in [4.78, 5) is 9.82. The van der Waals surface area contributed by atoms with Crippen LogP contribution in [0.2, 0.25) is 0 Å². The fourth-order valence-electron chi connectivity index (χ4n) is 0.618. The summed E-state index contributed by atoms with van der Waals surface area (Å²) in [6, 6.07) is 10.2. The molecule has 0 saturated heterocycles. The van der Waals surface area contributed by atoms with Gasteiger partial charge in [-0.2, -0.15) is 0 Å². The summed E-state index contributed by atoms with van der Waals surface area (Å²) < 4.78 is 5.69. The maximum Gasteiger partial charge on any atom is 0.302 e. The molecule has 0 heterocycles. The molecule has 0 bridgehead atoms. The van der Waals surface area contributed by atoms with Gasteiger partial charge in [0.25, 0.3) is 0 Å². The van der Waals surface area contributed by atoms with Crippen LogP contribution in [-0.2, 0) is 9.53 Å². The third-order valence-corrected chi connectivity index (χ3v) is 1.80. The van der Waals surface area contributed by atoms with Crippen LogP contribution in [0.25, 0.3) is 0 Å². The van der Waals surface area contributed by atoms with Gasteiger partial charge in [-0.25, -0.2) is 0 Å². The third kappa shape index (κ3) is 9.33. The fraction of sp³-hybridized carbons (Fsp3) is 0.300. The lowest BCUT2D eigenvalue weighted by Crippen LogP contribution is -1.95. The predicted octanol–water partition coefficient (Wildman–Crippen LogP) is 2.86. The molecule has 0 radical (unpaired) electrons. The molecule has 0 aliphatic heterocycles. The predicted molar refractivity (Wildman–Crippen MR) is 61.5 cm³/mol. The number of benzene rings is 1. The average molecular weight is 292 g/mol. The van der Waals surface area contributed by atoms with Gasteiger partial charge in [-0.1, -0.05) is 18.2 Å². The molecule has 1 aromatic carbocycles. The van der Waals surface area contributed by atoms with E-state index in [1.165, 1.54) is 10.5 Å². The first-order valence-corrected chi connectivity index (χ1v) is 5.08. The number of esters is 1. The topological polar surface area (TPSA) is 26.3 Å². The lowest BCUT2D eigenvalue weighted by atomic mass is 10.4. The van der Waals surface area contributed by atoms with Gasteiger partial charge < -0.3 is 4.74 Å². The van der Waals surface area contributed by atoms with Crippen LogP contribution < -0.4 is 0 Å². The van der Waals surface area contributed by atoms with Crippen molar-refractivity contribution in [1.29, 1.82) is 0 Å². The van der Waals surface area contributed by atoms with Crippen LogP contribution in [0.4, 0.5) is 0 Å². The summed E-state index contributed by atoms with van der Waals surface area (Å²) >= 11 is 2.28. The van der Waals surface area contributed by atoms with E-state index < -0.39 is 0 Å². The van der Waals surface area contributed by atoms with Crippen LogP contribution in [0.15, 0.2) is 30.3 Å². The maximum atomic E-state index is 9.82. The largest absolute Gasteiger partial charge is 0.466 e. The first-order valence-electron chi connectivity index (χ1n) is 4.00. The Bertz CT molecular complexity index is 234. The van der Waals surface area contributed by atoms with Crippen LogP contribution in [0.1, 0.15) is 13.8 Å². The Morgan fingerprint density at radius 3 is 2.08 bits per heavy atom. The molecule has 0 atom stereocenters. The molecule has 1 rings (SSSR count). The minimum absolute atomic E-state index is 0.211. The summed E-state index contributed by atoms with van der Waals surface area (Å²) in [7, 11) is 0. The summed E-state index contributed by atoms with van der Waals surface area (Å²) in [5, 5.41) is 0. The highest BCUT2D eigenvalue weighted by Crippen LogP contribution is 1.99. The Labute approximate surface area is 92.4 Å². The third-order valence-electron chi connectivity index (χ3n) is 1.08. The van der Waals surface area contributed by atoms with Crippen LogP contribution >= 0.6 is 22.6 Å². The van der Waals surface area contributed by atoms with E-state index in [0.29, 0.717) is 6.61 Å². The Hall–Kier alpha value is -0.580. The first-order chi connectivity index (χ1) is 6.16. The standard InChI is InChI=1S/C6H5I.C4H8O2/c7-6-4-2-1-3-5-6;1-3-6-4(2)5/h1-5H;3H2,1-2H3. The highest BCUT2D eigenvalue weighted by Gasteiger charge is 1.81. The molecular weight excluding hydrogens is 279 g/mol. The Kier molecular flexibility index (Phi) is 7.68. The summed E-state index contributed by atoms with van der Waals surface area (Å²) in [5.41, 5.74) is 0. The molecule has 0 saturated carbocycles. The van der Waals surface area contributed by atoms with Crippen LogP contribution in [0.5, 0.6) is 0 Å². The van der Waals surface area contributed by atoms with Crippen LogP contribution in [-0.4, -0.2) is 12.6 Å². The molecule has 0 amide bonds. The van der Waals surface area contributed by atoms with Crippen molar-refractivity contribution in [3.8, 4) is 0 Å². The van der Waals surface area contributed by atoms with Gasteiger partial charge >= 0.3 is 5.97 Å². The normalized spacial score (nSPS) is 8.23. The van der Waals surface area contributed by atoms with Gasteiger partial charge in [0.2, 0.25) is 0 Å². The number of rotatable bonds is 1. The lowest BCUT2D eigenvalue weighted by molar-refractivity contribution is -0.140. The molecule has 0 aromatic heterocycles. The molecule has 1 aromatic rings. The average Bonchev–Trinajstić information content (AvgIpc) is 2.06. The van der Waals surface area contributed by atoms with Crippen LogP contribution in [0.3, 0.4) is 0 Å². The van der Waals surface area contributed by atoms with Gasteiger partial charge in [-0.15, -0.1) is 0 Å². The second-order valence-corrected chi connectivity index (χ2v) is 3.47. The molecule has 0 N–H and O–H groups in total. The highest BCUT2D eigenvalue weighted by molar-refractivity contribution is 14.1. The molecule has 13 heavy (non-hydrogen) atoms. The van der Waals surface area contributed by atoms with Gasteiger partial charge in [0.1, 0.15) is 0 Å². The van der Waals surface area contributed by atoms with Crippen molar-refractivity contribution >= 4 is 28.6 Å². The molecule has 0 unspecified atom stereocenters. The Morgan fingerprint density at radius 1 is 1.38 bits per heavy atom. The second-order valence-electron chi connectivity index (χ2n) is 2.22. The van der Waals surface area contributed by atoms with Gasteiger partial charge in [-0.05, 0) is 41.6 Å². The van der Waals surface area contributed by atoms with Gasteiger partial charge in [-0.3, -0.25) is 4.79 Å². The highest BCUT2D eigenvalue weighted by atomic mass is 127. The van der Waals surface area contributed by atoms with E-state index in [0.717, 1.165) is 0 Å². The van der Waals surface area contributed by atoms with Crippen molar-refractivity contribution in [2.75, 3.05) is 6.61 Å². The number of hydrogen-bond acceptors (Lipinski definition) is 2. The fourth-order valence-corrected chi connectivity index (χ4v) is 1.03. The Morgan fingerprint density at radius 2 is 1.92 bits per heavy atom. The number of halogens is 1. The van der Waals surface area contributed by atoms with Crippen molar-refractivity contribution < 1.29 is 9.53 Å². The maximum absolute atomic E-state index is 9.82. The van der Waals surface area contributed by atoms with E-state index in [2.05, 4.69) is 39.5 Å². The van der Waals surface area contributed by atoms with E-state index in [9.17, 15) is 4.79 Å². The van der Waals surface area contributed by atoms with E-state index >= 15 is 0 Å². The number of hydrogen-bond donors (Lipinski definition) is 0. The number of carbonyl (C=O) groups is 1. The zero-order chi connectivity index (χ0) is 10.1. The SMILES string of the molecule is CCOC(C)=O.Ic1ccccc1. The molecule has 0 fully saturated rings. The van der Waals surface area contributed by atoms with Crippen LogP contribution in [0, 0.1) is 3.57 Å². The molecule has 72 valence electrons.